The third kappa shape index (κ3) is 4.03. The van der Waals surface area contributed by atoms with Crippen molar-refractivity contribution in [1.82, 2.24) is 0 Å². The third-order valence-corrected chi connectivity index (χ3v) is 5.22. The molecule has 0 heterocycles. The van der Waals surface area contributed by atoms with Crippen LogP contribution in [-0.2, 0) is 14.9 Å². The fourth-order valence-corrected chi connectivity index (χ4v) is 3.87. The third-order valence-electron chi connectivity index (χ3n) is 5.22. The minimum absolute atomic E-state index is 0.0375. The van der Waals surface area contributed by atoms with Gasteiger partial charge in [0.1, 0.15) is 11.3 Å². The first-order chi connectivity index (χ1) is 13.5. The molecule has 0 aromatic heterocycles. The molecule has 1 amide bonds. The summed E-state index contributed by atoms with van der Waals surface area (Å²) in [6.07, 6.45) is 3.61. The molecule has 0 bridgehead atoms. The highest BCUT2D eigenvalue weighted by molar-refractivity contribution is 6.01. The molecule has 0 unspecified atom stereocenters. The van der Waals surface area contributed by atoms with Crippen molar-refractivity contribution in [3.05, 3.63) is 59.7 Å². The van der Waals surface area contributed by atoms with Crippen molar-refractivity contribution >= 4 is 17.6 Å². The molecule has 1 aliphatic carbocycles. The van der Waals surface area contributed by atoms with E-state index in [9.17, 15) is 9.59 Å². The highest BCUT2D eigenvalue weighted by Crippen LogP contribution is 2.42. The van der Waals surface area contributed by atoms with E-state index in [4.69, 9.17) is 9.47 Å². The van der Waals surface area contributed by atoms with Crippen LogP contribution in [0.2, 0.25) is 0 Å². The number of hydrogen-bond acceptors (Lipinski definition) is 4. The number of nitrogens with one attached hydrogen (secondary N) is 1. The van der Waals surface area contributed by atoms with E-state index in [0.717, 1.165) is 31.2 Å². The molecule has 5 nitrogen and oxygen atoms in total. The topological polar surface area (TPSA) is 64.6 Å². The molecule has 2 aromatic carbocycles. The summed E-state index contributed by atoms with van der Waals surface area (Å²) >= 11 is 0. The van der Waals surface area contributed by atoms with Gasteiger partial charge in [-0.15, -0.1) is 0 Å². The highest BCUT2D eigenvalue weighted by atomic mass is 16.5. The summed E-state index contributed by atoms with van der Waals surface area (Å²) in [5.41, 5.74) is 1.37. The second kappa shape index (κ2) is 8.46. The predicted octanol–water partition coefficient (Wildman–Crippen LogP) is 4.71. The van der Waals surface area contributed by atoms with Gasteiger partial charge in [-0.2, -0.15) is 0 Å². The zero-order valence-electron chi connectivity index (χ0n) is 16.7. The van der Waals surface area contributed by atoms with Crippen molar-refractivity contribution in [1.29, 1.82) is 0 Å². The maximum atomic E-state index is 13.3. The molecule has 1 fully saturated rings. The van der Waals surface area contributed by atoms with Gasteiger partial charge in [0, 0.05) is 5.69 Å². The number of anilines is 1. The smallest absolute Gasteiger partial charge is 0.341 e. The van der Waals surface area contributed by atoms with E-state index in [2.05, 4.69) is 5.32 Å². The van der Waals surface area contributed by atoms with E-state index in [1.165, 1.54) is 7.11 Å². The normalized spacial score (nSPS) is 15.3. The van der Waals surface area contributed by atoms with Crippen LogP contribution in [0.3, 0.4) is 0 Å². The Balaban J connectivity index is 1.90. The molecular weight excluding hydrogens is 354 g/mol. The van der Waals surface area contributed by atoms with Crippen molar-refractivity contribution in [3.63, 3.8) is 0 Å². The number of hydrogen-bond donors (Lipinski definition) is 1. The molecular formula is C23H27NO4. The van der Waals surface area contributed by atoms with Crippen LogP contribution in [0.5, 0.6) is 5.75 Å². The van der Waals surface area contributed by atoms with E-state index in [-0.39, 0.29) is 12.0 Å². The molecule has 28 heavy (non-hydrogen) atoms. The number of carbonyl (C=O) groups is 2. The van der Waals surface area contributed by atoms with Gasteiger partial charge < -0.3 is 14.8 Å². The van der Waals surface area contributed by atoms with Crippen LogP contribution in [0, 0.1) is 0 Å². The van der Waals surface area contributed by atoms with Gasteiger partial charge in [-0.25, -0.2) is 4.79 Å². The van der Waals surface area contributed by atoms with Gasteiger partial charge in [-0.3, -0.25) is 4.79 Å². The van der Waals surface area contributed by atoms with Crippen molar-refractivity contribution in [2.24, 2.45) is 0 Å². The summed E-state index contributed by atoms with van der Waals surface area (Å²) in [6.45, 7) is 3.78. The summed E-state index contributed by atoms with van der Waals surface area (Å²) in [5, 5.41) is 3.02. The number of methoxy groups -OCH3 is 1. The molecule has 0 aliphatic heterocycles. The van der Waals surface area contributed by atoms with E-state index in [1.807, 2.05) is 44.2 Å². The van der Waals surface area contributed by atoms with E-state index in [1.54, 1.807) is 18.2 Å². The van der Waals surface area contributed by atoms with Crippen LogP contribution >= 0.6 is 0 Å². The quantitative estimate of drug-likeness (QED) is 0.736. The largest absolute Gasteiger partial charge is 0.490 e. The van der Waals surface area contributed by atoms with Gasteiger partial charge in [0.2, 0.25) is 5.91 Å². The van der Waals surface area contributed by atoms with Crippen LogP contribution < -0.4 is 10.1 Å². The minimum atomic E-state index is -0.528. The van der Waals surface area contributed by atoms with Gasteiger partial charge in [-0.1, -0.05) is 43.2 Å². The molecule has 1 saturated carbocycles. The lowest BCUT2D eigenvalue weighted by molar-refractivity contribution is -0.121. The molecule has 0 saturated heterocycles. The van der Waals surface area contributed by atoms with Gasteiger partial charge >= 0.3 is 5.97 Å². The monoisotopic (exact) mass is 381 g/mol. The van der Waals surface area contributed by atoms with Gasteiger partial charge in [0.05, 0.1) is 18.6 Å². The Morgan fingerprint density at radius 3 is 2.32 bits per heavy atom. The Labute approximate surface area is 166 Å². The average Bonchev–Trinajstić information content (AvgIpc) is 3.20. The van der Waals surface area contributed by atoms with Crippen LogP contribution in [-0.4, -0.2) is 25.1 Å². The van der Waals surface area contributed by atoms with E-state index in [0.29, 0.717) is 17.0 Å². The number of esters is 1. The molecule has 148 valence electrons. The van der Waals surface area contributed by atoms with Gasteiger partial charge in [-0.05, 0) is 50.5 Å². The maximum absolute atomic E-state index is 13.3. The molecule has 0 radical (unpaired) electrons. The lowest BCUT2D eigenvalue weighted by Gasteiger charge is -2.28. The summed E-state index contributed by atoms with van der Waals surface area (Å²) in [7, 11) is 1.33. The first kappa shape index (κ1) is 19.9. The summed E-state index contributed by atoms with van der Waals surface area (Å²) in [5.74, 6) is -0.0894. The average molecular weight is 381 g/mol. The Hall–Kier alpha value is -2.82. The summed E-state index contributed by atoms with van der Waals surface area (Å²) < 4.78 is 10.6. The number of amides is 1. The second-order valence-corrected chi connectivity index (χ2v) is 7.48. The second-order valence-electron chi connectivity index (χ2n) is 7.48. The van der Waals surface area contributed by atoms with E-state index >= 15 is 0 Å². The lowest BCUT2D eigenvalue weighted by Crippen LogP contribution is -2.38. The molecule has 1 N–H and O–H groups in total. The van der Waals surface area contributed by atoms with Gasteiger partial charge in [0.25, 0.3) is 0 Å². The molecule has 3 rings (SSSR count). The van der Waals surface area contributed by atoms with Crippen molar-refractivity contribution in [2.45, 2.75) is 51.0 Å². The highest BCUT2D eigenvalue weighted by Gasteiger charge is 2.42. The lowest BCUT2D eigenvalue weighted by atomic mass is 9.78. The Kier molecular flexibility index (Phi) is 6.02. The molecule has 1 aliphatic rings. The standard InChI is InChI=1S/C23H27NO4/c1-16(2)28-20-12-11-18(15-19(20)21(25)27-3)24-22(26)23(13-7-8-14-23)17-9-5-4-6-10-17/h4-6,9-12,15-16H,7-8,13-14H2,1-3H3,(H,24,26). The predicted molar refractivity (Wildman–Crippen MR) is 109 cm³/mol. The van der Waals surface area contributed by atoms with Crippen LogP contribution in [0.25, 0.3) is 0 Å². The van der Waals surface area contributed by atoms with Crippen molar-refractivity contribution in [3.8, 4) is 5.75 Å². The SMILES string of the molecule is COC(=O)c1cc(NC(=O)C2(c3ccccc3)CCCC2)ccc1OC(C)C. The van der Waals surface area contributed by atoms with E-state index < -0.39 is 11.4 Å². The maximum Gasteiger partial charge on any atom is 0.341 e. The Morgan fingerprint density at radius 2 is 1.71 bits per heavy atom. The zero-order chi connectivity index (χ0) is 20.1. The number of ether oxygens (including phenoxy) is 2. The Bertz CT molecular complexity index is 839. The molecule has 0 spiro atoms. The zero-order valence-corrected chi connectivity index (χ0v) is 16.7. The van der Waals surface area contributed by atoms with Crippen molar-refractivity contribution < 1.29 is 19.1 Å². The Morgan fingerprint density at radius 1 is 1.04 bits per heavy atom. The summed E-state index contributed by atoms with van der Waals surface area (Å²) in [4.78, 5) is 25.5. The van der Waals surface area contributed by atoms with Crippen LogP contribution in [0.15, 0.2) is 48.5 Å². The number of benzene rings is 2. The fourth-order valence-electron chi connectivity index (χ4n) is 3.87. The molecule has 5 heteroatoms. The molecule has 0 atom stereocenters. The number of carbonyl (C=O) groups excluding carboxylic acids is 2. The van der Waals surface area contributed by atoms with Crippen LogP contribution in [0.4, 0.5) is 5.69 Å². The number of rotatable bonds is 6. The molecule has 2 aromatic rings. The van der Waals surface area contributed by atoms with Gasteiger partial charge in [0.15, 0.2) is 0 Å². The van der Waals surface area contributed by atoms with Crippen molar-refractivity contribution in [2.75, 3.05) is 12.4 Å². The first-order valence-corrected chi connectivity index (χ1v) is 9.72. The first-order valence-electron chi connectivity index (χ1n) is 9.72. The fraction of sp³-hybridized carbons (Fsp3) is 0.391. The summed E-state index contributed by atoms with van der Waals surface area (Å²) in [6, 6.07) is 15.0. The van der Waals surface area contributed by atoms with Crippen LogP contribution in [0.1, 0.15) is 55.5 Å². The minimum Gasteiger partial charge on any atom is -0.490 e.